The molecule has 5 rings (SSSR count). The molecule has 0 spiro atoms. The second-order valence-electron chi connectivity index (χ2n) is 10.7. The van der Waals surface area contributed by atoms with E-state index in [1.54, 1.807) is 13.1 Å². The number of nitrogens with one attached hydrogen (secondary N) is 2. The Hall–Kier alpha value is -3.00. The van der Waals surface area contributed by atoms with Gasteiger partial charge in [-0.3, -0.25) is 14.6 Å². The average Bonchev–Trinajstić information content (AvgIpc) is 3.58. The summed E-state index contributed by atoms with van der Waals surface area (Å²) in [7, 11) is 1.76. The van der Waals surface area contributed by atoms with Gasteiger partial charge < -0.3 is 20.4 Å². The molecule has 0 radical (unpaired) electrons. The van der Waals surface area contributed by atoms with Crippen LogP contribution in [0.2, 0.25) is 0 Å². The first kappa shape index (κ1) is 25.6. The van der Waals surface area contributed by atoms with Gasteiger partial charge in [0, 0.05) is 25.0 Å². The van der Waals surface area contributed by atoms with Gasteiger partial charge in [0.1, 0.15) is 11.9 Å². The molecule has 1 aromatic carbocycles. The van der Waals surface area contributed by atoms with Crippen LogP contribution in [0.5, 0.6) is 0 Å². The van der Waals surface area contributed by atoms with E-state index in [1.807, 2.05) is 30.3 Å². The van der Waals surface area contributed by atoms with E-state index in [9.17, 15) is 14.0 Å². The highest BCUT2D eigenvalue weighted by Crippen LogP contribution is 2.39. The van der Waals surface area contributed by atoms with Gasteiger partial charge in [-0.25, -0.2) is 4.39 Å². The number of likely N-dealkylation sites (tertiary alicyclic amines) is 1. The van der Waals surface area contributed by atoms with E-state index in [4.69, 9.17) is 0 Å². The van der Waals surface area contributed by atoms with E-state index in [-0.39, 0.29) is 35.6 Å². The predicted molar refractivity (Wildman–Crippen MR) is 142 cm³/mol. The van der Waals surface area contributed by atoms with Crippen LogP contribution in [0.1, 0.15) is 69.0 Å². The first-order chi connectivity index (χ1) is 18.0. The van der Waals surface area contributed by atoms with Crippen LogP contribution in [0.3, 0.4) is 0 Å². The van der Waals surface area contributed by atoms with Crippen LogP contribution in [-0.2, 0) is 16.0 Å². The van der Waals surface area contributed by atoms with E-state index in [0.717, 1.165) is 74.0 Å². The predicted octanol–water partition coefficient (Wildman–Crippen LogP) is 4.25. The Morgan fingerprint density at radius 3 is 2.65 bits per heavy atom. The zero-order chi connectivity index (χ0) is 25.9. The molecule has 3 heterocycles. The lowest BCUT2D eigenvalue weighted by Gasteiger charge is -2.35. The number of benzene rings is 1. The average molecular weight is 508 g/mol. The van der Waals surface area contributed by atoms with Gasteiger partial charge in [0.25, 0.3) is 0 Å². The van der Waals surface area contributed by atoms with Crippen molar-refractivity contribution in [2.45, 2.75) is 76.4 Å². The molecule has 1 saturated carbocycles. The van der Waals surface area contributed by atoms with Gasteiger partial charge in [0.15, 0.2) is 0 Å². The summed E-state index contributed by atoms with van der Waals surface area (Å²) >= 11 is 0. The van der Waals surface area contributed by atoms with E-state index < -0.39 is 6.04 Å². The standard InChI is InChI=1S/C29H38FN5O2/c1-19(31-2)28(36)33-27(20-7-4-3-5-8-20)29(37)35-13-6-9-25(35)22-16-24(18-32-17-22)34-14-12-21-15-23(30)10-11-26(21)34/h10-11,15-20,25,27,31H,3-9,12-14H2,1-2H3,(H,33,36)/t19-,25-,27-/m0/s1. The van der Waals surface area contributed by atoms with Crippen molar-refractivity contribution >= 4 is 23.2 Å². The number of halogens is 1. The monoisotopic (exact) mass is 507 g/mol. The summed E-state index contributed by atoms with van der Waals surface area (Å²) in [4.78, 5) is 35.6. The summed E-state index contributed by atoms with van der Waals surface area (Å²) in [6, 6.07) is 6.14. The molecule has 7 nitrogen and oxygen atoms in total. The summed E-state index contributed by atoms with van der Waals surface area (Å²) in [6.07, 6.45) is 11.6. The lowest BCUT2D eigenvalue weighted by atomic mass is 9.83. The van der Waals surface area contributed by atoms with Gasteiger partial charge in [-0.2, -0.15) is 0 Å². The van der Waals surface area contributed by atoms with Crippen molar-refractivity contribution < 1.29 is 14.0 Å². The van der Waals surface area contributed by atoms with Crippen LogP contribution in [0.4, 0.5) is 15.8 Å². The molecular weight excluding hydrogens is 469 g/mol. The third kappa shape index (κ3) is 5.35. The Bertz CT molecular complexity index is 1140. The van der Waals surface area contributed by atoms with Crippen LogP contribution in [-0.4, -0.2) is 53.9 Å². The Morgan fingerprint density at radius 1 is 1.05 bits per heavy atom. The largest absolute Gasteiger partial charge is 0.343 e. The van der Waals surface area contributed by atoms with Gasteiger partial charge in [0.2, 0.25) is 11.8 Å². The topological polar surface area (TPSA) is 77.6 Å². The molecule has 1 aromatic heterocycles. The molecule has 0 bridgehead atoms. The van der Waals surface area contributed by atoms with E-state index >= 15 is 0 Å². The van der Waals surface area contributed by atoms with Crippen LogP contribution < -0.4 is 15.5 Å². The van der Waals surface area contributed by atoms with E-state index in [0.29, 0.717) is 6.54 Å². The highest BCUT2D eigenvalue weighted by molar-refractivity contribution is 5.90. The Morgan fingerprint density at radius 2 is 1.86 bits per heavy atom. The number of fused-ring (bicyclic) bond motifs is 1. The molecule has 37 heavy (non-hydrogen) atoms. The molecule has 2 fully saturated rings. The zero-order valence-corrected chi connectivity index (χ0v) is 21.9. The fourth-order valence-corrected chi connectivity index (χ4v) is 6.23. The number of rotatable bonds is 7. The van der Waals surface area contributed by atoms with Gasteiger partial charge in [-0.05, 0) is 87.4 Å². The molecule has 1 aliphatic carbocycles. The molecule has 3 aliphatic rings. The van der Waals surface area contributed by atoms with Gasteiger partial charge in [-0.15, -0.1) is 0 Å². The Balaban J connectivity index is 1.38. The van der Waals surface area contributed by atoms with Crippen LogP contribution >= 0.6 is 0 Å². The molecular formula is C29H38FN5O2. The molecule has 2 aliphatic heterocycles. The van der Waals surface area contributed by atoms with E-state index in [1.165, 1.54) is 12.5 Å². The first-order valence-corrected chi connectivity index (χ1v) is 13.8. The fourth-order valence-electron chi connectivity index (χ4n) is 6.23. The van der Waals surface area contributed by atoms with Crippen molar-refractivity contribution in [2.24, 2.45) is 5.92 Å². The minimum Gasteiger partial charge on any atom is -0.343 e. The van der Waals surface area contributed by atoms with Gasteiger partial charge in [0.05, 0.1) is 24.0 Å². The number of anilines is 2. The van der Waals surface area contributed by atoms with Crippen molar-refractivity contribution in [3.05, 3.63) is 53.6 Å². The molecule has 0 unspecified atom stereocenters. The van der Waals surface area contributed by atoms with Gasteiger partial charge in [-0.1, -0.05) is 19.3 Å². The Labute approximate surface area is 218 Å². The molecule has 1 saturated heterocycles. The second kappa shape index (κ2) is 11.2. The Kier molecular flexibility index (Phi) is 7.74. The van der Waals surface area contributed by atoms with Crippen molar-refractivity contribution in [2.75, 3.05) is 25.0 Å². The van der Waals surface area contributed by atoms with Crippen LogP contribution in [0.25, 0.3) is 0 Å². The molecule has 2 N–H and O–H groups in total. The highest BCUT2D eigenvalue weighted by atomic mass is 19.1. The van der Waals surface area contributed by atoms with Gasteiger partial charge >= 0.3 is 0 Å². The van der Waals surface area contributed by atoms with Crippen LogP contribution in [0, 0.1) is 11.7 Å². The molecule has 2 amide bonds. The minimum atomic E-state index is -0.499. The molecule has 8 heteroatoms. The number of amides is 2. The molecule has 2 aromatic rings. The van der Waals surface area contributed by atoms with Crippen molar-refractivity contribution in [3.63, 3.8) is 0 Å². The number of likely N-dealkylation sites (N-methyl/N-ethyl adjacent to an activating group) is 1. The maximum atomic E-state index is 14.0. The third-order valence-electron chi connectivity index (χ3n) is 8.43. The van der Waals surface area contributed by atoms with Crippen molar-refractivity contribution in [1.29, 1.82) is 0 Å². The summed E-state index contributed by atoms with van der Waals surface area (Å²) in [5.41, 5.74) is 3.99. The first-order valence-electron chi connectivity index (χ1n) is 13.8. The van der Waals surface area contributed by atoms with Crippen molar-refractivity contribution in [1.82, 2.24) is 20.5 Å². The SMILES string of the molecule is CN[C@@H](C)C(=O)N[C@H](C(=O)N1CCC[C@H]1c1cncc(N2CCc3cc(F)ccc32)c1)C1CCCCC1. The number of carbonyl (C=O) groups excluding carboxylic acids is 2. The quantitative estimate of drug-likeness (QED) is 0.586. The molecule has 3 atom stereocenters. The number of hydrogen-bond acceptors (Lipinski definition) is 5. The third-order valence-corrected chi connectivity index (χ3v) is 8.43. The maximum absolute atomic E-state index is 14.0. The maximum Gasteiger partial charge on any atom is 0.245 e. The lowest BCUT2D eigenvalue weighted by molar-refractivity contribution is -0.139. The van der Waals surface area contributed by atoms with E-state index in [2.05, 4.69) is 26.6 Å². The minimum absolute atomic E-state index is 0.0263. The normalized spacial score (nSPS) is 21.5. The summed E-state index contributed by atoms with van der Waals surface area (Å²) in [5.74, 6) is -0.147. The second-order valence-corrected chi connectivity index (χ2v) is 10.7. The van der Waals surface area contributed by atoms with Crippen LogP contribution in [0.15, 0.2) is 36.7 Å². The molecule has 198 valence electrons. The lowest BCUT2D eigenvalue weighted by Crippen LogP contribution is -2.55. The fraction of sp³-hybridized carbons (Fsp3) is 0.552. The number of nitrogens with zero attached hydrogens (tertiary/aromatic N) is 3. The number of carbonyl (C=O) groups is 2. The highest BCUT2D eigenvalue weighted by Gasteiger charge is 2.39. The number of pyridine rings is 1. The number of aromatic nitrogens is 1. The summed E-state index contributed by atoms with van der Waals surface area (Å²) in [6.45, 7) is 3.27. The zero-order valence-electron chi connectivity index (χ0n) is 21.9. The summed E-state index contributed by atoms with van der Waals surface area (Å²) < 4.78 is 13.7. The smallest absolute Gasteiger partial charge is 0.245 e. The summed E-state index contributed by atoms with van der Waals surface area (Å²) in [5, 5.41) is 6.10. The van der Waals surface area contributed by atoms with Crippen molar-refractivity contribution in [3.8, 4) is 0 Å². The number of hydrogen-bond donors (Lipinski definition) is 2.